The number of allylic oxidation sites excluding steroid dienone is 1. The van der Waals surface area contributed by atoms with Crippen LogP contribution in [0.15, 0.2) is 11.6 Å². The first-order valence-corrected chi connectivity index (χ1v) is 10.0. The molecule has 0 aromatic heterocycles. The molecule has 7 atom stereocenters. The minimum absolute atomic E-state index is 0.100. The Morgan fingerprint density at radius 1 is 1.25 bits per heavy atom. The van der Waals surface area contributed by atoms with E-state index in [0.29, 0.717) is 17.8 Å². The van der Waals surface area contributed by atoms with Crippen molar-refractivity contribution >= 4 is 24.4 Å². The van der Waals surface area contributed by atoms with Gasteiger partial charge in [0.05, 0.1) is 5.25 Å². The van der Waals surface area contributed by atoms with Crippen molar-refractivity contribution < 1.29 is 14.3 Å². The Hall–Kier alpha value is -0.770. The molecule has 0 N–H and O–H groups in total. The molecule has 0 bridgehead atoms. The van der Waals surface area contributed by atoms with Gasteiger partial charge in [0.15, 0.2) is 5.78 Å². The zero-order valence-corrected chi connectivity index (χ0v) is 15.6. The average molecular weight is 349 g/mol. The average Bonchev–Trinajstić information content (AvgIpc) is 2.85. The molecule has 0 heterocycles. The molecule has 0 aliphatic heterocycles. The smallest absolute Gasteiger partial charge is 0.302 e. The molecule has 3 fully saturated rings. The predicted octanol–water partition coefficient (Wildman–Crippen LogP) is 3.97. The second kappa shape index (κ2) is 5.89. The van der Waals surface area contributed by atoms with Crippen molar-refractivity contribution in [3.63, 3.8) is 0 Å². The number of ketones is 1. The summed E-state index contributed by atoms with van der Waals surface area (Å²) >= 11 is 4.52. The lowest BCUT2D eigenvalue weighted by molar-refractivity contribution is -0.156. The van der Waals surface area contributed by atoms with E-state index >= 15 is 0 Å². The molecule has 3 nitrogen and oxygen atoms in total. The van der Waals surface area contributed by atoms with Gasteiger partial charge < -0.3 is 4.74 Å². The Kier molecular flexibility index (Phi) is 4.10. The van der Waals surface area contributed by atoms with E-state index in [1.165, 1.54) is 31.8 Å². The number of esters is 1. The summed E-state index contributed by atoms with van der Waals surface area (Å²) in [5.41, 5.74) is 1.54. The van der Waals surface area contributed by atoms with Crippen molar-refractivity contribution in [2.75, 3.05) is 0 Å². The Morgan fingerprint density at radius 2 is 2.04 bits per heavy atom. The third-order valence-electron chi connectivity index (χ3n) is 7.61. The molecule has 0 aromatic carbocycles. The Bertz CT molecular complexity index is 598. The number of fused-ring (bicyclic) bond motifs is 5. The molecule has 4 rings (SSSR count). The van der Waals surface area contributed by atoms with E-state index in [-0.39, 0.29) is 28.5 Å². The number of rotatable bonds is 1. The van der Waals surface area contributed by atoms with Gasteiger partial charge in [0.1, 0.15) is 6.10 Å². The summed E-state index contributed by atoms with van der Waals surface area (Å²) < 4.78 is 5.69. The molecule has 24 heavy (non-hydrogen) atoms. The van der Waals surface area contributed by atoms with Gasteiger partial charge in [-0.15, -0.1) is 0 Å². The Balaban J connectivity index is 1.58. The third kappa shape index (κ3) is 2.48. The molecule has 0 saturated heterocycles. The van der Waals surface area contributed by atoms with E-state index < -0.39 is 0 Å². The van der Waals surface area contributed by atoms with Crippen LogP contribution in [-0.4, -0.2) is 23.1 Å². The highest BCUT2D eigenvalue weighted by atomic mass is 32.1. The molecule has 4 aliphatic carbocycles. The van der Waals surface area contributed by atoms with Crippen LogP contribution in [0, 0.1) is 29.1 Å². The van der Waals surface area contributed by atoms with Crippen LogP contribution in [-0.2, 0) is 14.3 Å². The Morgan fingerprint density at radius 3 is 2.79 bits per heavy atom. The van der Waals surface area contributed by atoms with Crippen molar-refractivity contribution in [3.8, 4) is 0 Å². The second-order valence-electron chi connectivity index (χ2n) is 8.67. The molecular weight excluding hydrogens is 320 g/mol. The SMILES string of the molecule is CC(=O)OC1CCC2C3CCC4=CC(=O)C(S)CC4C3CCC12C. The summed E-state index contributed by atoms with van der Waals surface area (Å²) in [5, 5.41) is -0.108. The fourth-order valence-corrected chi connectivity index (χ4v) is 6.81. The van der Waals surface area contributed by atoms with Crippen LogP contribution in [0.4, 0.5) is 0 Å². The normalized spacial score (nSPS) is 47.3. The van der Waals surface area contributed by atoms with E-state index in [0.717, 1.165) is 31.6 Å². The van der Waals surface area contributed by atoms with Crippen LogP contribution < -0.4 is 0 Å². The van der Waals surface area contributed by atoms with Crippen molar-refractivity contribution in [1.29, 1.82) is 0 Å². The minimum Gasteiger partial charge on any atom is -0.462 e. The topological polar surface area (TPSA) is 43.4 Å². The van der Waals surface area contributed by atoms with Crippen LogP contribution in [0.3, 0.4) is 0 Å². The van der Waals surface area contributed by atoms with Gasteiger partial charge >= 0.3 is 5.97 Å². The standard InChI is InChI=1S/C20H28O3S/c1-11(21)23-19-6-5-16-14-4-3-12-9-17(22)18(24)10-15(12)13(14)7-8-20(16,19)2/h9,13-16,18-19,24H,3-8,10H2,1-2H3. The predicted molar refractivity (Wildman–Crippen MR) is 95.8 cm³/mol. The Labute approximate surface area is 150 Å². The van der Waals surface area contributed by atoms with Gasteiger partial charge in [-0.05, 0) is 74.7 Å². The fourth-order valence-electron chi connectivity index (χ4n) is 6.51. The van der Waals surface area contributed by atoms with Gasteiger partial charge in [0.2, 0.25) is 0 Å². The fraction of sp³-hybridized carbons (Fsp3) is 0.800. The van der Waals surface area contributed by atoms with Crippen LogP contribution in [0.25, 0.3) is 0 Å². The first-order chi connectivity index (χ1) is 11.4. The summed E-state index contributed by atoms with van der Waals surface area (Å²) in [6.07, 6.45) is 9.75. The van der Waals surface area contributed by atoms with Crippen molar-refractivity contribution in [3.05, 3.63) is 11.6 Å². The lowest BCUT2D eigenvalue weighted by Crippen LogP contribution is -2.49. The van der Waals surface area contributed by atoms with Crippen LogP contribution in [0.5, 0.6) is 0 Å². The van der Waals surface area contributed by atoms with E-state index in [1.54, 1.807) is 0 Å². The number of thiol groups is 1. The maximum Gasteiger partial charge on any atom is 0.302 e. The highest BCUT2D eigenvalue weighted by molar-refractivity contribution is 7.81. The molecule has 3 saturated carbocycles. The molecule has 0 radical (unpaired) electrons. The van der Waals surface area contributed by atoms with E-state index in [4.69, 9.17) is 4.74 Å². The van der Waals surface area contributed by atoms with Gasteiger partial charge in [0, 0.05) is 12.3 Å². The van der Waals surface area contributed by atoms with Crippen molar-refractivity contribution in [1.82, 2.24) is 0 Å². The van der Waals surface area contributed by atoms with Gasteiger partial charge in [-0.3, -0.25) is 9.59 Å². The first kappa shape index (κ1) is 16.7. The number of hydrogen-bond donors (Lipinski definition) is 1. The molecule has 0 amide bonds. The van der Waals surface area contributed by atoms with Gasteiger partial charge in [-0.25, -0.2) is 0 Å². The number of ether oxygens (including phenoxy) is 1. The lowest BCUT2D eigenvalue weighted by Gasteiger charge is -2.53. The van der Waals surface area contributed by atoms with E-state index in [2.05, 4.69) is 19.6 Å². The third-order valence-corrected chi connectivity index (χ3v) is 8.07. The van der Waals surface area contributed by atoms with Gasteiger partial charge in [-0.1, -0.05) is 12.5 Å². The minimum atomic E-state index is -0.137. The number of hydrogen-bond acceptors (Lipinski definition) is 4. The van der Waals surface area contributed by atoms with Crippen molar-refractivity contribution in [2.45, 2.75) is 70.1 Å². The lowest BCUT2D eigenvalue weighted by atomic mass is 9.52. The molecule has 4 heteroatoms. The summed E-state index contributed by atoms with van der Waals surface area (Å²) in [6, 6.07) is 0. The van der Waals surface area contributed by atoms with Gasteiger partial charge in [0.25, 0.3) is 0 Å². The largest absolute Gasteiger partial charge is 0.462 e. The van der Waals surface area contributed by atoms with Gasteiger partial charge in [-0.2, -0.15) is 12.6 Å². The zero-order chi connectivity index (χ0) is 17.1. The highest BCUT2D eigenvalue weighted by Crippen LogP contribution is 2.62. The highest BCUT2D eigenvalue weighted by Gasteiger charge is 2.57. The van der Waals surface area contributed by atoms with E-state index in [1.807, 2.05) is 6.08 Å². The molecule has 0 aromatic rings. The van der Waals surface area contributed by atoms with Crippen molar-refractivity contribution in [2.24, 2.45) is 29.1 Å². The maximum absolute atomic E-state index is 12.0. The number of carbonyl (C=O) groups excluding carboxylic acids is 2. The summed E-state index contributed by atoms with van der Waals surface area (Å²) in [4.78, 5) is 23.5. The molecular formula is C20H28O3S. The quantitative estimate of drug-likeness (QED) is 0.576. The molecule has 132 valence electrons. The summed E-state index contributed by atoms with van der Waals surface area (Å²) in [6.45, 7) is 3.89. The van der Waals surface area contributed by atoms with E-state index in [9.17, 15) is 9.59 Å². The summed E-state index contributed by atoms with van der Waals surface area (Å²) in [5.74, 6) is 2.71. The van der Waals surface area contributed by atoms with Crippen LogP contribution in [0.2, 0.25) is 0 Å². The molecule has 0 spiro atoms. The zero-order valence-electron chi connectivity index (χ0n) is 14.7. The molecule has 4 aliphatic rings. The number of carbonyl (C=O) groups is 2. The van der Waals surface area contributed by atoms with Crippen LogP contribution in [0.1, 0.15) is 58.8 Å². The molecule has 7 unspecified atom stereocenters. The van der Waals surface area contributed by atoms with Crippen LogP contribution >= 0.6 is 12.6 Å². The summed E-state index contributed by atoms with van der Waals surface area (Å²) in [7, 11) is 0. The monoisotopic (exact) mass is 348 g/mol. The second-order valence-corrected chi connectivity index (χ2v) is 9.30. The maximum atomic E-state index is 12.0. The first-order valence-electron chi connectivity index (χ1n) is 9.49.